The van der Waals surface area contributed by atoms with Crippen LogP contribution in [0.2, 0.25) is 0 Å². The Morgan fingerprint density at radius 3 is 2.72 bits per heavy atom. The van der Waals surface area contributed by atoms with Crippen LogP contribution in [0.3, 0.4) is 0 Å². The minimum atomic E-state index is -1.01. The van der Waals surface area contributed by atoms with Gasteiger partial charge in [0, 0.05) is 7.05 Å². The molecule has 0 aliphatic rings. The standard InChI is InChI=1S/C12H12BrN3O2/c1-3-7-4-5-9(15-10(7)12(17)18)11-8(13)6-14-16(11)2/h4-6H,3H2,1-2H3,(H,17,18). The number of carboxylic acid groups (broad SMARTS) is 1. The normalized spacial score (nSPS) is 10.6. The Kier molecular flexibility index (Phi) is 3.47. The lowest BCUT2D eigenvalue weighted by atomic mass is 10.1. The summed E-state index contributed by atoms with van der Waals surface area (Å²) >= 11 is 3.38. The third kappa shape index (κ3) is 2.15. The number of halogens is 1. The average Bonchev–Trinajstić information content (AvgIpc) is 2.68. The first-order valence-electron chi connectivity index (χ1n) is 5.45. The lowest BCUT2D eigenvalue weighted by Gasteiger charge is -2.07. The molecule has 0 amide bonds. The van der Waals surface area contributed by atoms with Crippen LogP contribution >= 0.6 is 15.9 Å². The monoisotopic (exact) mass is 309 g/mol. The second-order valence-electron chi connectivity index (χ2n) is 3.83. The lowest BCUT2D eigenvalue weighted by molar-refractivity contribution is 0.0689. The highest BCUT2D eigenvalue weighted by Crippen LogP contribution is 2.26. The molecule has 2 heterocycles. The van der Waals surface area contributed by atoms with Gasteiger partial charge in [0.25, 0.3) is 0 Å². The van der Waals surface area contributed by atoms with E-state index in [4.69, 9.17) is 5.11 Å². The van der Waals surface area contributed by atoms with Crippen LogP contribution in [-0.2, 0) is 13.5 Å². The predicted molar refractivity (Wildman–Crippen MR) is 70.5 cm³/mol. The third-order valence-electron chi connectivity index (χ3n) is 2.70. The minimum absolute atomic E-state index is 0.100. The van der Waals surface area contributed by atoms with Crippen molar-refractivity contribution >= 4 is 21.9 Å². The van der Waals surface area contributed by atoms with E-state index in [1.165, 1.54) is 0 Å². The molecule has 18 heavy (non-hydrogen) atoms. The number of rotatable bonds is 3. The number of hydrogen-bond donors (Lipinski definition) is 1. The molecule has 0 aliphatic carbocycles. The van der Waals surface area contributed by atoms with Crippen molar-refractivity contribution in [2.75, 3.05) is 0 Å². The number of aryl methyl sites for hydroxylation is 2. The summed E-state index contributed by atoms with van der Waals surface area (Å²) in [5.74, 6) is -1.01. The van der Waals surface area contributed by atoms with Crippen molar-refractivity contribution in [2.24, 2.45) is 7.05 Å². The molecule has 2 rings (SSSR count). The van der Waals surface area contributed by atoms with Gasteiger partial charge in [-0.3, -0.25) is 4.68 Å². The van der Waals surface area contributed by atoms with Gasteiger partial charge in [-0.15, -0.1) is 0 Å². The van der Waals surface area contributed by atoms with Crippen LogP contribution in [-0.4, -0.2) is 25.8 Å². The molecule has 6 heteroatoms. The van der Waals surface area contributed by atoms with E-state index in [1.54, 1.807) is 24.0 Å². The topological polar surface area (TPSA) is 68.0 Å². The van der Waals surface area contributed by atoms with E-state index in [0.717, 1.165) is 15.7 Å². The van der Waals surface area contributed by atoms with Gasteiger partial charge in [-0.2, -0.15) is 5.10 Å². The summed E-state index contributed by atoms with van der Waals surface area (Å²) < 4.78 is 2.45. The molecule has 2 aromatic rings. The Labute approximate surface area is 113 Å². The molecule has 0 saturated carbocycles. The summed E-state index contributed by atoms with van der Waals surface area (Å²) in [5, 5.41) is 13.3. The van der Waals surface area contributed by atoms with Crippen molar-refractivity contribution in [3.8, 4) is 11.4 Å². The number of hydrogen-bond acceptors (Lipinski definition) is 3. The number of aromatic nitrogens is 3. The first kappa shape index (κ1) is 12.8. The Hall–Kier alpha value is -1.69. The van der Waals surface area contributed by atoms with Crippen molar-refractivity contribution in [3.05, 3.63) is 34.1 Å². The molecule has 0 radical (unpaired) electrons. The molecule has 0 fully saturated rings. The molecule has 2 aromatic heterocycles. The molecule has 0 bridgehead atoms. The summed E-state index contributed by atoms with van der Waals surface area (Å²) in [6, 6.07) is 3.61. The van der Waals surface area contributed by atoms with Gasteiger partial charge in [0.2, 0.25) is 0 Å². The van der Waals surface area contributed by atoms with Crippen molar-refractivity contribution < 1.29 is 9.90 Å². The zero-order valence-electron chi connectivity index (χ0n) is 10.0. The zero-order valence-corrected chi connectivity index (χ0v) is 11.6. The van der Waals surface area contributed by atoms with Gasteiger partial charge in [0.15, 0.2) is 5.69 Å². The molecule has 0 atom stereocenters. The van der Waals surface area contributed by atoms with Crippen LogP contribution in [0.25, 0.3) is 11.4 Å². The van der Waals surface area contributed by atoms with E-state index in [-0.39, 0.29) is 5.69 Å². The van der Waals surface area contributed by atoms with E-state index in [2.05, 4.69) is 26.0 Å². The fraction of sp³-hybridized carbons (Fsp3) is 0.250. The highest BCUT2D eigenvalue weighted by molar-refractivity contribution is 9.10. The molecular weight excluding hydrogens is 298 g/mol. The maximum absolute atomic E-state index is 11.2. The first-order chi connectivity index (χ1) is 8.54. The van der Waals surface area contributed by atoms with E-state index in [0.29, 0.717) is 12.1 Å². The summed E-state index contributed by atoms with van der Waals surface area (Å²) in [4.78, 5) is 15.4. The fourth-order valence-corrected chi connectivity index (χ4v) is 2.34. The van der Waals surface area contributed by atoms with E-state index in [9.17, 15) is 4.79 Å². The molecule has 0 saturated heterocycles. The van der Waals surface area contributed by atoms with Crippen LogP contribution in [0.5, 0.6) is 0 Å². The van der Waals surface area contributed by atoms with Gasteiger partial charge in [-0.05, 0) is 34.0 Å². The van der Waals surface area contributed by atoms with Gasteiger partial charge in [-0.25, -0.2) is 9.78 Å². The molecule has 5 nitrogen and oxygen atoms in total. The van der Waals surface area contributed by atoms with E-state index in [1.807, 2.05) is 13.0 Å². The highest BCUT2D eigenvalue weighted by Gasteiger charge is 2.16. The number of pyridine rings is 1. The van der Waals surface area contributed by atoms with E-state index < -0.39 is 5.97 Å². The van der Waals surface area contributed by atoms with Crippen molar-refractivity contribution in [2.45, 2.75) is 13.3 Å². The maximum Gasteiger partial charge on any atom is 0.354 e. The number of carbonyl (C=O) groups is 1. The van der Waals surface area contributed by atoms with Gasteiger partial charge in [0.05, 0.1) is 16.4 Å². The summed E-state index contributed by atoms with van der Waals surface area (Å²) in [7, 11) is 1.79. The summed E-state index contributed by atoms with van der Waals surface area (Å²) in [6.07, 6.45) is 2.30. The third-order valence-corrected chi connectivity index (χ3v) is 3.28. The number of nitrogens with zero attached hydrogens (tertiary/aromatic N) is 3. The SMILES string of the molecule is CCc1ccc(-c2c(Br)cnn2C)nc1C(=O)O. The van der Waals surface area contributed by atoms with Crippen LogP contribution < -0.4 is 0 Å². The molecule has 0 spiro atoms. The van der Waals surface area contributed by atoms with Crippen molar-refractivity contribution in [1.29, 1.82) is 0 Å². The van der Waals surface area contributed by atoms with Gasteiger partial charge < -0.3 is 5.11 Å². The highest BCUT2D eigenvalue weighted by atomic mass is 79.9. The van der Waals surface area contributed by atoms with Crippen LogP contribution in [0.15, 0.2) is 22.8 Å². The zero-order chi connectivity index (χ0) is 13.3. The minimum Gasteiger partial charge on any atom is -0.477 e. The van der Waals surface area contributed by atoms with Gasteiger partial charge >= 0.3 is 5.97 Å². The molecular formula is C12H12BrN3O2. The Morgan fingerprint density at radius 2 is 2.22 bits per heavy atom. The van der Waals surface area contributed by atoms with Crippen LogP contribution in [0, 0.1) is 0 Å². The predicted octanol–water partition coefficient (Wildman–Crippen LogP) is 2.51. The van der Waals surface area contributed by atoms with Crippen LogP contribution in [0.1, 0.15) is 23.0 Å². The van der Waals surface area contributed by atoms with Gasteiger partial charge in [0.1, 0.15) is 5.69 Å². The molecule has 0 aromatic carbocycles. The second kappa shape index (κ2) is 4.89. The largest absolute Gasteiger partial charge is 0.477 e. The van der Waals surface area contributed by atoms with Gasteiger partial charge in [-0.1, -0.05) is 13.0 Å². The lowest BCUT2D eigenvalue weighted by Crippen LogP contribution is -2.07. The van der Waals surface area contributed by atoms with Crippen molar-refractivity contribution in [1.82, 2.24) is 14.8 Å². The second-order valence-corrected chi connectivity index (χ2v) is 4.68. The Balaban J connectivity index is 2.61. The molecule has 94 valence electrons. The van der Waals surface area contributed by atoms with Crippen molar-refractivity contribution in [3.63, 3.8) is 0 Å². The average molecular weight is 310 g/mol. The molecule has 0 aliphatic heterocycles. The summed E-state index contributed by atoms with van der Waals surface area (Å²) in [5.41, 5.74) is 2.18. The Morgan fingerprint density at radius 1 is 1.50 bits per heavy atom. The molecule has 0 unspecified atom stereocenters. The molecule has 1 N–H and O–H groups in total. The summed E-state index contributed by atoms with van der Waals surface area (Å²) in [6.45, 7) is 1.91. The Bertz CT molecular complexity index is 588. The number of aromatic carboxylic acids is 1. The van der Waals surface area contributed by atoms with Crippen LogP contribution in [0.4, 0.5) is 0 Å². The quantitative estimate of drug-likeness (QED) is 0.946. The van der Waals surface area contributed by atoms with E-state index >= 15 is 0 Å². The first-order valence-corrected chi connectivity index (χ1v) is 6.25. The smallest absolute Gasteiger partial charge is 0.354 e. The maximum atomic E-state index is 11.2. The fourth-order valence-electron chi connectivity index (χ4n) is 1.79. The number of carboxylic acids is 1.